The summed E-state index contributed by atoms with van der Waals surface area (Å²) >= 11 is 8.27. The summed E-state index contributed by atoms with van der Waals surface area (Å²) in [6.45, 7) is 2.18. The minimum absolute atomic E-state index is 0.107. The molecule has 0 spiro atoms. The molecule has 1 aromatic carbocycles. The summed E-state index contributed by atoms with van der Waals surface area (Å²) < 4.78 is 20.1. The number of carbonyl (C=O) groups is 2. The molecule has 2 heterocycles. The van der Waals surface area contributed by atoms with Crippen LogP contribution in [-0.2, 0) is 4.74 Å². The number of nitrogens with one attached hydrogen (secondary N) is 2. The van der Waals surface area contributed by atoms with Gasteiger partial charge < -0.3 is 15.2 Å². The Balaban J connectivity index is 1.81. The summed E-state index contributed by atoms with van der Waals surface area (Å²) in [5.41, 5.74) is 0.683. The molecule has 31 heavy (non-hydrogen) atoms. The molecule has 2 amide bonds. The number of thiazole rings is 1. The maximum absolute atomic E-state index is 14.6. The molecule has 3 aromatic rings. The van der Waals surface area contributed by atoms with Gasteiger partial charge in [-0.05, 0) is 19.1 Å². The van der Waals surface area contributed by atoms with Crippen LogP contribution in [0.2, 0.25) is 4.34 Å². The molecule has 0 saturated heterocycles. The van der Waals surface area contributed by atoms with Crippen molar-refractivity contribution in [2.24, 2.45) is 0 Å². The highest BCUT2D eigenvalue weighted by Crippen LogP contribution is 2.35. The van der Waals surface area contributed by atoms with Gasteiger partial charge in [-0.3, -0.25) is 14.9 Å². The SMILES string of the molecule is Cc1sc(-c2cccc(F)c2C(=O)NCCOCCO)cc1C(=O)Nc1ncc(Cl)s1. The predicted octanol–water partition coefficient (Wildman–Crippen LogP) is 3.96. The predicted molar refractivity (Wildman–Crippen MR) is 120 cm³/mol. The van der Waals surface area contributed by atoms with Crippen LogP contribution in [-0.4, -0.2) is 48.3 Å². The van der Waals surface area contributed by atoms with E-state index in [1.165, 1.54) is 29.7 Å². The van der Waals surface area contributed by atoms with Crippen LogP contribution in [0.1, 0.15) is 25.6 Å². The van der Waals surface area contributed by atoms with E-state index >= 15 is 0 Å². The molecule has 3 rings (SSSR count). The number of amides is 2. The van der Waals surface area contributed by atoms with Gasteiger partial charge in [-0.25, -0.2) is 9.37 Å². The molecule has 7 nitrogen and oxygen atoms in total. The third-order valence-corrected chi connectivity index (χ3v) is 6.25. The minimum atomic E-state index is -0.666. The fourth-order valence-corrected chi connectivity index (χ4v) is 4.62. The Morgan fingerprint density at radius 2 is 2.06 bits per heavy atom. The standard InChI is InChI=1S/C20H19ClFN3O4S2/c1-11-13(18(27)25-20-24-10-16(21)31-20)9-15(30-11)12-3-2-4-14(22)17(12)19(28)23-5-7-29-8-6-26/h2-4,9-10,26H,5-8H2,1H3,(H,23,28)(H,24,25,27). The average Bonchev–Trinajstić information content (AvgIpc) is 3.32. The average molecular weight is 484 g/mol. The van der Waals surface area contributed by atoms with E-state index in [2.05, 4.69) is 15.6 Å². The molecule has 0 bridgehead atoms. The van der Waals surface area contributed by atoms with E-state index in [-0.39, 0.29) is 37.8 Å². The van der Waals surface area contributed by atoms with Crippen molar-refractivity contribution in [2.45, 2.75) is 6.92 Å². The van der Waals surface area contributed by atoms with Gasteiger partial charge in [0, 0.05) is 21.9 Å². The van der Waals surface area contributed by atoms with Gasteiger partial charge in [0.15, 0.2) is 5.13 Å². The quantitative estimate of drug-likeness (QED) is 0.400. The molecule has 0 aliphatic rings. The van der Waals surface area contributed by atoms with Crippen LogP contribution in [0.25, 0.3) is 10.4 Å². The van der Waals surface area contributed by atoms with Gasteiger partial charge in [0.25, 0.3) is 11.8 Å². The zero-order valence-corrected chi connectivity index (χ0v) is 18.8. The second-order valence-electron chi connectivity index (χ2n) is 6.26. The zero-order valence-electron chi connectivity index (χ0n) is 16.4. The highest BCUT2D eigenvalue weighted by atomic mass is 35.5. The lowest BCUT2D eigenvalue weighted by Gasteiger charge is -2.10. The Morgan fingerprint density at radius 3 is 2.77 bits per heavy atom. The molecule has 164 valence electrons. The Kier molecular flexibility index (Phi) is 8.10. The fraction of sp³-hybridized carbons (Fsp3) is 0.250. The third-order valence-electron chi connectivity index (χ3n) is 4.13. The van der Waals surface area contributed by atoms with Crippen LogP contribution >= 0.6 is 34.3 Å². The lowest BCUT2D eigenvalue weighted by atomic mass is 10.0. The Morgan fingerprint density at radius 1 is 1.26 bits per heavy atom. The second-order valence-corrected chi connectivity index (χ2v) is 9.18. The van der Waals surface area contributed by atoms with Gasteiger partial charge in [0.05, 0.1) is 37.1 Å². The Hall–Kier alpha value is -2.37. The molecule has 0 saturated carbocycles. The van der Waals surface area contributed by atoms with Gasteiger partial charge in [-0.1, -0.05) is 35.1 Å². The number of anilines is 1. The van der Waals surface area contributed by atoms with Crippen molar-refractivity contribution in [3.8, 4) is 10.4 Å². The van der Waals surface area contributed by atoms with Gasteiger partial charge in [-0.2, -0.15) is 0 Å². The van der Waals surface area contributed by atoms with Gasteiger partial charge in [-0.15, -0.1) is 11.3 Å². The smallest absolute Gasteiger partial charge is 0.258 e. The molecule has 0 aliphatic heterocycles. The highest BCUT2D eigenvalue weighted by molar-refractivity contribution is 7.19. The number of aliphatic hydroxyl groups is 1. The van der Waals surface area contributed by atoms with Crippen LogP contribution in [0.4, 0.5) is 9.52 Å². The number of hydrogen-bond acceptors (Lipinski definition) is 7. The fourth-order valence-electron chi connectivity index (χ4n) is 2.77. The van der Waals surface area contributed by atoms with E-state index < -0.39 is 11.7 Å². The first kappa shape index (κ1) is 23.3. The summed E-state index contributed by atoms with van der Waals surface area (Å²) in [5.74, 6) is -1.62. The minimum Gasteiger partial charge on any atom is -0.394 e. The molecular formula is C20H19ClFN3O4S2. The van der Waals surface area contributed by atoms with Crippen molar-refractivity contribution >= 4 is 51.2 Å². The van der Waals surface area contributed by atoms with Crippen molar-refractivity contribution in [1.29, 1.82) is 0 Å². The van der Waals surface area contributed by atoms with E-state index in [4.69, 9.17) is 21.4 Å². The third kappa shape index (κ3) is 5.86. The number of carbonyl (C=O) groups excluding carboxylic acids is 2. The number of hydrogen-bond donors (Lipinski definition) is 3. The van der Waals surface area contributed by atoms with Crippen LogP contribution in [0, 0.1) is 12.7 Å². The van der Waals surface area contributed by atoms with Crippen molar-refractivity contribution in [2.75, 3.05) is 31.7 Å². The van der Waals surface area contributed by atoms with Crippen LogP contribution in [0.15, 0.2) is 30.5 Å². The van der Waals surface area contributed by atoms with Crippen molar-refractivity contribution < 1.29 is 23.8 Å². The normalized spacial score (nSPS) is 10.8. The van der Waals surface area contributed by atoms with Crippen molar-refractivity contribution in [1.82, 2.24) is 10.3 Å². The Bertz CT molecular complexity index is 1090. The number of halogens is 2. The van der Waals surface area contributed by atoms with Crippen LogP contribution < -0.4 is 10.6 Å². The summed E-state index contributed by atoms with van der Waals surface area (Å²) in [5, 5.41) is 14.4. The molecule has 0 unspecified atom stereocenters. The zero-order chi connectivity index (χ0) is 22.4. The molecule has 0 atom stereocenters. The first-order valence-corrected chi connectivity index (χ1v) is 11.2. The van der Waals surface area contributed by atoms with Gasteiger partial charge in [0.2, 0.25) is 0 Å². The maximum Gasteiger partial charge on any atom is 0.258 e. The number of thiophene rings is 1. The molecule has 2 aromatic heterocycles. The number of benzene rings is 1. The summed E-state index contributed by atoms with van der Waals surface area (Å²) in [6.07, 6.45) is 1.44. The van der Waals surface area contributed by atoms with Crippen LogP contribution in [0.3, 0.4) is 0 Å². The number of rotatable bonds is 9. The second kappa shape index (κ2) is 10.8. The lowest BCUT2D eigenvalue weighted by molar-refractivity contribution is 0.0836. The highest BCUT2D eigenvalue weighted by Gasteiger charge is 2.21. The molecular weight excluding hydrogens is 465 g/mol. The van der Waals surface area contributed by atoms with E-state index in [1.54, 1.807) is 19.1 Å². The van der Waals surface area contributed by atoms with Crippen molar-refractivity contribution in [3.05, 3.63) is 56.6 Å². The molecule has 11 heteroatoms. The number of aliphatic hydroxyl groups excluding tert-OH is 1. The van der Waals surface area contributed by atoms with E-state index in [0.717, 1.165) is 11.3 Å². The molecule has 0 radical (unpaired) electrons. The van der Waals surface area contributed by atoms with E-state index in [1.807, 2.05) is 0 Å². The van der Waals surface area contributed by atoms with Gasteiger partial charge >= 0.3 is 0 Å². The van der Waals surface area contributed by atoms with E-state index in [0.29, 0.717) is 30.3 Å². The van der Waals surface area contributed by atoms with Crippen molar-refractivity contribution in [3.63, 3.8) is 0 Å². The first-order valence-electron chi connectivity index (χ1n) is 9.19. The summed E-state index contributed by atoms with van der Waals surface area (Å²) in [7, 11) is 0. The maximum atomic E-state index is 14.6. The largest absolute Gasteiger partial charge is 0.394 e. The topological polar surface area (TPSA) is 101 Å². The molecule has 0 fully saturated rings. The Labute approximate surface area is 190 Å². The molecule has 3 N–H and O–H groups in total. The lowest BCUT2D eigenvalue weighted by Crippen LogP contribution is -2.28. The summed E-state index contributed by atoms with van der Waals surface area (Å²) in [4.78, 5) is 30.5. The number of aromatic nitrogens is 1. The number of nitrogens with zero attached hydrogens (tertiary/aromatic N) is 1. The monoisotopic (exact) mass is 483 g/mol. The van der Waals surface area contributed by atoms with Crippen LogP contribution in [0.5, 0.6) is 0 Å². The molecule has 0 aliphatic carbocycles. The van der Waals surface area contributed by atoms with Gasteiger partial charge in [0.1, 0.15) is 10.2 Å². The summed E-state index contributed by atoms with van der Waals surface area (Å²) in [6, 6.07) is 5.98. The first-order chi connectivity index (χ1) is 14.9. The van der Waals surface area contributed by atoms with E-state index in [9.17, 15) is 14.0 Å². The number of ether oxygens (including phenoxy) is 1. The number of aryl methyl sites for hydroxylation is 1.